The normalized spacial score (nSPS) is 20.6. The van der Waals surface area contributed by atoms with Gasteiger partial charge in [-0.05, 0) is 50.3 Å². The van der Waals surface area contributed by atoms with E-state index in [0.29, 0.717) is 13.1 Å². The van der Waals surface area contributed by atoms with E-state index >= 15 is 0 Å². The van der Waals surface area contributed by atoms with E-state index in [2.05, 4.69) is 10.0 Å². The van der Waals surface area contributed by atoms with Crippen LogP contribution in [0.25, 0.3) is 0 Å². The van der Waals surface area contributed by atoms with Crippen molar-refractivity contribution in [1.29, 1.82) is 0 Å². The number of amides is 1. The van der Waals surface area contributed by atoms with Gasteiger partial charge < -0.3 is 10.2 Å². The van der Waals surface area contributed by atoms with Crippen LogP contribution in [0.2, 0.25) is 0 Å². The summed E-state index contributed by atoms with van der Waals surface area (Å²) in [4.78, 5) is 13.9. The first-order valence-corrected chi connectivity index (χ1v) is 10.1. The van der Waals surface area contributed by atoms with Gasteiger partial charge in [-0.15, -0.1) is 12.4 Å². The number of likely N-dealkylation sites (tertiary alicyclic amines) is 1. The molecule has 2 heterocycles. The van der Waals surface area contributed by atoms with Crippen LogP contribution in [0.5, 0.6) is 0 Å². The van der Waals surface area contributed by atoms with Crippen LogP contribution in [-0.4, -0.2) is 51.4 Å². The first-order chi connectivity index (χ1) is 11.8. The lowest BCUT2D eigenvalue weighted by molar-refractivity contribution is -0.134. The number of halogens is 2. The third kappa shape index (κ3) is 4.36. The van der Waals surface area contributed by atoms with Gasteiger partial charge in [0, 0.05) is 19.6 Å². The van der Waals surface area contributed by atoms with Crippen molar-refractivity contribution in [1.82, 2.24) is 14.9 Å². The Balaban J connectivity index is 0.00000243. The molecule has 1 unspecified atom stereocenters. The van der Waals surface area contributed by atoms with E-state index < -0.39 is 26.8 Å². The topological polar surface area (TPSA) is 78.5 Å². The number of nitrogens with zero attached hydrogens (tertiary/aromatic N) is 1. The van der Waals surface area contributed by atoms with Crippen molar-refractivity contribution >= 4 is 28.3 Å². The van der Waals surface area contributed by atoms with Crippen molar-refractivity contribution in [3.05, 3.63) is 30.1 Å². The minimum atomic E-state index is -4.08. The van der Waals surface area contributed by atoms with Crippen LogP contribution in [0.4, 0.5) is 4.39 Å². The Bertz CT molecular complexity index is 743. The number of nitrogens with one attached hydrogen (secondary N) is 2. The summed E-state index contributed by atoms with van der Waals surface area (Å²) in [7, 11) is -4.08. The molecule has 2 saturated heterocycles. The number of rotatable bonds is 4. The zero-order valence-electron chi connectivity index (χ0n) is 14.7. The zero-order chi connectivity index (χ0) is 18.1. The van der Waals surface area contributed by atoms with Gasteiger partial charge in [-0.25, -0.2) is 12.8 Å². The fraction of sp³-hybridized carbons (Fsp3) is 0.588. The SMILES string of the molecule is CC(NS(=O)(=O)c1ccccc1F)C(=O)N1CCC2(CCNC2)CC1.Cl. The van der Waals surface area contributed by atoms with E-state index in [1.807, 2.05) is 0 Å². The van der Waals surface area contributed by atoms with Gasteiger partial charge in [0.1, 0.15) is 10.7 Å². The van der Waals surface area contributed by atoms with Crippen molar-refractivity contribution in [3.8, 4) is 0 Å². The van der Waals surface area contributed by atoms with Crippen molar-refractivity contribution in [2.45, 2.75) is 37.1 Å². The van der Waals surface area contributed by atoms with Gasteiger partial charge in [0.2, 0.25) is 15.9 Å². The highest BCUT2D eigenvalue weighted by Gasteiger charge is 2.39. The minimum Gasteiger partial charge on any atom is -0.341 e. The summed E-state index contributed by atoms with van der Waals surface area (Å²) < 4.78 is 40.7. The lowest BCUT2D eigenvalue weighted by Gasteiger charge is -2.39. The van der Waals surface area contributed by atoms with E-state index in [4.69, 9.17) is 0 Å². The van der Waals surface area contributed by atoms with Crippen LogP contribution in [0.3, 0.4) is 0 Å². The average molecular weight is 406 g/mol. The van der Waals surface area contributed by atoms with Gasteiger partial charge in [-0.3, -0.25) is 4.79 Å². The molecule has 0 radical (unpaired) electrons. The van der Waals surface area contributed by atoms with Crippen molar-refractivity contribution < 1.29 is 17.6 Å². The molecule has 2 N–H and O–H groups in total. The smallest absolute Gasteiger partial charge is 0.244 e. The Morgan fingerprint density at radius 1 is 1.27 bits per heavy atom. The molecule has 146 valence electrons. The van der Waals surface area contributed by atoms with E-state index in [1.165, 1.54) is 25.1 Å². The molecule has 2 aliphatic rings. The molecule has 0 saturated carbocycles. The molecule has 1 atom stereocenters. The maximum atomic E-state index is 13.7. The van der Waals surface area contributed by atoms with E-state index in [-0.39, 0.29) is 23.7 Å². The summed E-state index contributed by atoms with van der Waals surface area (Å²) in [6, 6.07) is 4.21. The number of hydrogen-bond donors (Lipinski definition) is 2. The summed E-state index contributed by atoms with van der Waals surface area (Å²) in [5.41, 5.74) is 0.284. The molecular weight excluding hydrogens is 381 g/mol. The largest absolute Gasteiger partial charge is 0.341 e. The van der Waals surface area contributed by atoms with E-state index in [0.717, 1.165) is 38.4 Å². The molecule has 3 rings (SSSR count). The highest BCUT2D eigenvalue weighted by Crippen LogP contribution is 2.37. The lowest BCUT2D eigenvalue weighted by atomic mass is 9.78. The molecular formula is C17H25ClFN3O3S. The molecule has 9 heteroatoms. The molecule has 0 aromatic heterocycles. The number of hydrogen-bond acceptors (Lipinski definition) is 4. The third-order valence-electron chi connectivity index (χ3n) is 5.30. The molecule has 2 aliphatic heterocycles. The fourth-order valence-electron chi connectivity index (χ4n) is 3.71. The summed E-state index contributed by atoms with van der Waals surface area (Å²) in [5.74, 6) is -1.09. The fourth-order valence-corrected chi connectivity index (χ4v) is 4.98. The van der Waals surface area contributed by atoms with Gasteiger partial charge in [0.05, 0.1) is 6.04 Å². The summed E-state index contributed by atoms with van der Waals surface area (Å²) >= 11 is 0. The number of piperidine rings is 1. The maximum absolute atomic E-state index is 13.7. The maximum Gasteiger partial charge on any atom is 0.244 e. The molecule has 2 fully saturated rings. The van der Waals surface area contributed by atoms with Gasteiger partial charge in [-0.1, -0.05) is 12.1 Å². The number of carbonyl (C=O) groups is 1. The highest BCUT2D eigenvalue weighted by molar-refractivity contribution is 7.89. The van der Waals surface area contributed by atoms with Crippen LogP contribution < -0.4 is 10.0 Å². The van der Waals surface area contributed by atoms with Gasteiger partial charge in [-0.2, -0.15) is 4.72 Å². The standard InChI is InChI=1S/C17H24FN3O3S.ClH/c1-13(20-25(23,24)15-5-3-2-4-14(15)18)16(22)21-10-7-17(8-11-21)6-9-19-12-17;/h2-5,13,19-20H,6-12H2,1H3;1H. The summed E-state index contributed by atoms with van der Waals surface area (Å²) in [6.07, 6.45) is 2.99. The van der Waals surface area contributed by atoms with Crippen LogP contribution >= 0.6 is 12.4 Å². The Kier molecular flexibility index (Phi) is 6.65. The Morgan fingerprint density at radius 3 is 2.50 bits per heavy atom. The minimum absolute atomic E-state index is 0. The van der Waals surface area contributed by atoms with Gasteiger partial charge in [0.25, 0.3) is 0 Å². The van der Waals surface area contributed by atoms with Gasteiger partial charge >= 0.3 is 0 Å². The average Bonchev–Trinajstić information content (AvgIpc) is 3.03. The number of benzene rings is 1. The van der Waals surface area contributed by atoms with Crippen molar-refractivity contribution in [3.63, 3.8) is 0 Å². The molecule has 6 nitrogen and oxygen atoms in total. The monoisotopic (exact) mass is 405 g/mol. The van der Waals surface area contributed by atoms with Crippen LogP contribution in [0, 0.1) is 11.2 Å². The Morgan fingerprint density at radius 2 is 1.92 bits per heavy atom. The summed E-state index contributed by atoms with van der Waals surface area (Å²) in [6.45, 7) is 4.78. The Hall–Kier alpha value is -1.22. The van der Waals surface area contributed by atoms with Crippen molar-refractivity contribution in [2.24, 2.45) is 5.41 Å². The third-order valence-corrected chi connectivity index (χ3v) is 6.87. The first-order valence-electron chi connectivity index (χ1n) is 8.59. The second kappa shape index (κ2) is 8.21. The second-order valence-corrected chi connectivity index (χ2v) is 8.71. The van der Waals surface area contributed by atoms with Crippen LogP contribution in [-0.2, 0) is 14.8 Å². The molecule has 1 amide bonds. The molecule has 1 aromatic rings. The molecule has 0 bridgehead atoms. The molecule has 0 aliphatic carbocycles. The van der Waals surface area contributed by atoms with Crippen LogP contribution in [0.15, 0.2) is 29.2 Å². The predicted octanol–water partition coefficient (Wildman–Crippen LogP) is 1.52. The molecule has 1 spiro atoms. The van der Waals surface area contributed by atoms with Crippen molar-refractivity contribution in [2.75, 3.05) is 26.2 Å². The number of sulfonamides is 1. The van der Waals surface area contributed by atoms with Crippen LogP contribution in [0.1, 0.15) is 26.2 Å². The number of carbonyl (C=O) groups excluding carboxylic acids is 1. The molecule has 26 heavy (non-hydrogen) atoms. The second-order valence-electron chi connectivity index (χ2n) is 7.03. The molecule has 1 aromatic carbocycles. The van der Waals surface area contributed by atoms with E-state index in [1.54, 1.807) is 4.90 Å². The predicted molar refractivity (Wildman–Crippen MR) is 99.2 cm³/mol. The quantitative estimate of drug-likeness (QED) is 0.796. The lowest BCUT2D eigenvalue weighted by Crippen LogP contribution is -2.51. The van der Waals surface area contributed by atoms with E-state index in [9.17, 15) is 17.6 Å². The van der Waals surface area contributed by atoms with Gasteiger partial charge in [0.15, 0.2) is 0 Å². The summed E-state index contributed by atoms with van der Waals surface area (Å²) in [5, 5.41) is 3.37. The zero-order valence-corrected chi connectivity index (χ0v) is 16.3. The highest BCUT2D eigenvalue weighted by atomic mass is 35.5. The first kappa shape index (κ1) is 21.1. The Labute approximate surface area is 160 Å².